The number of hydrogen-bond acceptors (Lipinski definition) is 3. The van der Waals surface area contributed by atoms with E-state index in [-0.39, 0.29) is 12.1 Å². The lowest BCUT2D eigenvalue weighted by Gasteiger charge is -2.31. The number of anilines is 1. The molecule has 0 spiro atoms. The SMILES string of the molecule is CCc1ccc([C@@H]2c3cccn3-c3sc4c(c3CN2C(=O)Nc2ccc(OC)cc2)CCCC4)cc1. The number of rotatable bonds is 4. The summed E-state index contributed by atoms with van der Waals surface area (Å²) in [6, 6.07) is 20.2. The lowest BCUT2D eigenvalue weighted by atomic mass is 9.95. The summed E-state index contributed by atoms with van der Waals surface area (Å²) in [5.41, 5.74) is 7.08. The highest BCUT2D eigenvalue weighted by Crippen LogP contribution is 2.44. The second kappa shape index (κ2) is 9.51. The number of nitrogens with one attached hydrogen (secondary N) is 1. The fourth-order valence-electron chi connectivity index (χ4n) is 5.54. The molecule has 0 saturated carbocycles. The maximum atomic E-state index is 14.0. The standard InChI is InChI=1S/C30H31N3O2S/c1-3-20-10-12-21(13-11-20)28-26-8-6-18-32(26)29-25(24-7-4-5-9-27(24)36-29)19-33(28)30(34)31-22-14-16-23(35-2)17-15-22/h6,8,10-18,28H,3-5,7,9,19H2,1-2H3,(H,31,34)/t28-/m1/s1. The van der Waals surface area contributed by atoms with Gasteiger partial charge in [-0.15, -0.1) is 11.3 Å². The van der Waals surface area contributed by atoms with Crippen LogP contribution in [0.5, 0.6) is 5.75 Å². The Labute approximate surface area is 216 Å². The van der Waals surface area contributed by atoms with Crippen LogP contribution in [-0.4, -0.2) is 22.6 Å². The van der Waals surface area contributed by atoms with E-state index in [0.717, 1.165) is 42.0 Å². The molecule has 0 radical (unpaired) electrons. The molecular formula is C30H31N3O2S. The van der Waals surface area contributed by atoms with Crippen molar-refractivity contribution in [2.45, 2.75) is 51.6 Å². The van der Waals surface area contributed by atoms with Gasteiger partial charge in [-0.2, -0.15) is 0 Å². The average Bonchev–Trinajstić information content (AvgIpc) is 3.51. The van der Waals surface area contributed by atoms with Crippen LogP contribution in [0, 0.1) is 0 Å². The first-order chi connectivity index (χ1) is 17.7. The maximum absolute atomic E-state index is 14.0. The summed E-state index contributed by atoms with van der Waals surface area (Å²) in [6.45, 7) is 2.76. The van der Waals surface area contributed by atoms with Gasteiger partial charge in [0.15, 0.2) is 0 Å². The summed E-state index contributed by atoms with van der Waals surface area (Å²) in [4.78, 5) is 17.5. The minimum Gasteiger partial charge on any atom is -0.497 e. The zero-order valence-electron chi connectivity index (χ0n) is 20.8. The summed E-state index contributed by atoms with van der Waals surface area (Å²) in [5, 5.41) is 4.44. The van der Waals surface area contributed by atoms with E-state index in [0.29, 0.717) is 6.54 Å². The molecule has 3 heterocycles. The third kappa shape index (κ3) is 3.99. The number of urea groups is 1. The number of fused-ring (bicyclic) bond motifs is 5. The van der Waals surface area contributed by atoms with Gasteiger partial charge >= 0.3 is 6.03 Å². The van der Waals surface area contributed by atoms with Crippen LogP contribution < -0.4 is 10.1 Å². The summed E-state index contributed by atoms with van der Waals surface area (Å²) in [5.74, 6) is 0.768. The first-order valence-electron chi connectivity index (χ1n) is 12.8. The number of aryl methyl sites for hydroxylation is 2. The Morgan fingerprint density at radius 1 is 1.03 bits per heavy atom. The number of methoxy groups -OCH3 is 1. The summed E-state index contributed by atoms with van der Waals surface area (Å²) < 4.78 is 7.62. The molecule has 2 aromatic carbocycles. The molecule has 1 aliphatic heterocycles. The van der Waals surface area contributed by atoms with Crippen molar-refractivity contribution in [3.63, 3.8) is 0 Å². The number of nitrogens with zero attached hydrogens (tertiary/aromatic N) is 2. The van der Waals surface area contributed by atoms with E-state index in [1.807, 2.05) is 40.5 Å². The number of carbonyl (C=O) groups excluding carboxylic acids is 1. The Morgan fingerprint density at radius 2 is 1.81 bits per heavy atom. The van der Waals surface area contributed by atoms with Crippen LogP contribution >= 0.6 is 11.3 Å². The van der Waals surface area contributed by atoms with Gasteiger partial charge in [0, 0.05) is 22.3 Å². The predicted molar refractivity (Wildman–Crippen MR) is 146 cm³/mol. The number of amides is 2. The topological polar surface area (TPSA) is 46.5 Å². The Hall–Kier alpha value is -3.51. The molecule has 6 heteroatoms. The minimum absolute atomic E-state index is 0.0962. The summed E-state index contributed by atoms with van der Waals surface area (Å²) >= 11 is 1.91. The Morgan fingerprint density at radius 3 is 2.56 bits per heavy atom. The molecule has 6 rings (SSSR count). The molecule has 36 heavy (non-hydrogen) atoms. The van der Waals surface area contributed by atoms with Crippen LogP contribution in [0.25, 0.3) is 5.00 Å². The highest BCUT2D eigenvalue weighted by molar-refractivity contribution is 7.15. The highest BCUT2D eigenvalue weighted by atomic mass is 32.1. The molecule has 1 N–H and O–H groups in total. The first-order valence-corrected chi connectivity index (χ1v) is 13.6. The Bertz CT molecular complexity index is 1380. The van der Waals surface area contributed by atoms with E-state index >= 15 is 0 Å². The van der Waals surface area contributed by atoms with Crippen molar-refractivity contribution in [1.82, 2.24) is 9.47 Å². The van der Waals surface area contributed by atoms with Crippen molar-refractivity contribution in [1.29, 1.82) is 0 Å². The number of thiophene rings is 1. The molecule has 1 aliphatic carbocycles. The highest BCUT2D eigenvalue weighted by Gasteiger charge is 2.36. The number of ether oxygens (including phenoxy) is 1. The van der Waals surface area contributed by atoms with Crippen molar-refractivity contribution in [2.75, 3.05) is 12.4 Å². The third-order valence-corrected chi connectivity index (χ3v) is 8.82. The second-order valence-corrected chi connectivity index (χ2v) is 10.7. The zero-order valence-corrected chi connectivity index (χ0v) is 21.6. The number of benzene rings is 2. The molecule has 1 atom stereocenters. The van der Waals surface area contributed by atoms with Gasteiger partial charge in [-0.3, -0.25) is 0 Å². The summed E-state index contributed by atoms with van der Waals surface area (Å²) in [7, 11) is 1.65. The van der Waals surface area contributed by atoms with Crippen molar-refractivity contribution >= 4 is 23.1 Å². The molecule has 0 fully saturated rings. The number of carbonyl (C=O) groups is 1. The van der Waals surface area contributed by atoms with E-state index in [2.05, 4.69) is 59.4 Å². The van der Waals surface area contributed by atoms with Gasteiger partial charge in [0.2, 0.25) is 0 Å². The van der Waals surface area contributed by atoms with E-state index in [1.54, 1.807) is 7.11 Å². The van der Waals surface area contributed by atoms with Crippen molar-refractivity contribution in [2.24, 2.45) is 0 Å². The first kappa shape index (κ1) is 22.9. The quantitative estimate of drug-likeness (QED) is 0.326. The average molecular weight is 498 g/mol. The van der Waals surface area contributed by atoms with Gasteiger partial charge in [0.25, 0.3) is 0 Å². The molecule has 2 aliphatic rings. The number of aromatic nitrogens is 1. The molecule has 0 saturated heterocycles. The second-order valence-electron chi connectivity index (χ2n) is 9.58. The van der Waals surface area contributed by atoms with E-state index < -0.39 is 0 Å². The van der Waals surface area contributed by atoms with Crippen molar-refractivity contribution in [3.8, 4) is 10.8 Å². The van der Waals surface area contributed by atoms with Crippen LogP contribution in [0.15, 0.2) is 66.9 Å². The van der Waals surface area contributed by atoms with Crippen molar-refractivity contribution < 1.29 is 9.53 Å². The van der Waals surface area contributed by atoms with Crippen LogP contribution in [0.3, 0.4) is 0 Å². The maximum Gasteiger partial charge on any atom is 0.322 e. The zero-order chi connectivity index (χ0) is 24.6. The Balaban J connectivity index is 1.46. The normalized spacial score (nSPS) is 16.5. The predicted octanol–water partition coefficient (Wildman–Crippen LogP) is 7.13. The monoisotopic (exact) mass is 497 g/mol. The van der Waals surface area contributed by atoms with Crippen LogP contribution in [0.4, 0.5) is 10.5 Å². The molecule has 2 amide bonds. The molecule has 5 nitrogen and oxygen atoms in total. The van der Waals surface area contributed by atoms with Crippen LogP contribution in [0.2, 0.25) is 0 Å². The van der Waals surface area contributed by atoms with Crippen LogP contribution in [0.1, 0.15) is 58.6 Å². The van der Waals surface area contributed by atoms with Crippen LogP contribution in [-0.2, 0) is 25.8 Å². The molecule has 2 aromatic heterocycles. The van der Waals surface area contributed by atoms with Gasteiger partial charge in [-0.25, -0.2) is 4.79 Å². The lowest BCUT2D eigenvalue weighted by Crippen LogP contribution is -2.38. The Kier molecular flexibility index (Phi) is 6.05. The summed E-state index contributed by atoms with van der Waals surface area (Å²) in [6.07, 6.45) is 7.86. The number of hydrogen-bond donors (Lipinski definition) is 1. The van der Waals surface area contributed by atoms with E-state index in [9.17, 15) is 4.79 Å². The fraction of sp³-hybridized carbons (Fsp3) is 0.300. The van der Waals surface area contributed by atoms with Gasteiger partial charge in [-0.05, 0) is 85.2 Å². The largest absolute Gasteiger partial charge is 0.497 e. The third-order valence-electron chi connectivity index (χ3n) is 7.48. The van der Waals surface area contributed by atoms with E-state index in [4.69, 9.17) is 4.74 Å². The molecule has 0 unspecified atom stereocenters. The van der Waals surface area contributed by atoms with Gasteiger partial charge in [0.05, 0.1) is 25.4 Å². The van der Waals surface area contributed by atoms with E-state index in [1.165, 1.54) is 39.4 Å². The molecule has 184 valence electrons. The molecule has 0 bridgehead atoms. The minimum atomic E-state index is -0.192. The van der Waals surface area contributed by atoms with Gasteiger partial charge in [0.1, 0.15) is 10.8 Å². The van der Waals surface area contributed by atoms with Crippen molar-refractivity contribution in [3.05, 3.63) is 99.7 Å². The lowest BCUT2D eigenvalue weighted by molar-refractivity contribution is 0.194. The van der Waals surface area contributed by atoms with Gasteiger partial charge in [-0.1, -0.05) is 31.2 Å². The smallest absolute Gasteiger partial charge is 0.322 e. The molecule has 4 aromatic rings. The fourth-order valence-corrected chi connectivity index (χ4v) is 6.95. The molecular weight excluding hydrogens is 466 g/mol. The van der Waals surface area contributed by atoms with Gasteiger partial charge < -0.3 is 19.5 Å².